The van der Waals surface area contributed by atoms with Gasteiger partial charge in [0.25, 0.3) is 0 Å². The topological polar surface area (TPSA) is 90.0 Å². The highest BCUT2D eigenvalue weighted by atomic mass is 16.4. The maximum atomic E-state index is 12.2. The number of anilines is 1. The highest BCUT2D eigenvalue weighted by Crippen LogP contribution is 2.16. The molecule has 1 aliphatic heterocycles. The Bertz CT molecular complexity index is 583. The summed E-state index contributed by atoms with van der Waals surface area (Å²) in [6.45, 7) is 4.17. The molecule has 7 nitrogen and oxygen atoms in total. The number of hydrogen-bond donors (Lipinski definition) is 2. The summed E-state index contributed by atoms with van der Waals surface area (Å²) >= 11 is 0. The van der Waals surface area contributed by atoms with Crippen molar-refractivity contribution in [2.75, 3.05) is 31.1 Å². The van der Waals surface area contributed by atoms with Gasteiger partial charge in [-0.05, 0) is 19.1 Å². The summed E-state index contributed by atoms with van der Waals surface area (Å²) in [5, 5.41) is 11.1. The van der Waals surface area contributed by atoms with Crippen LogP contribution in [0.5, 0.6) is 0 Å². The Labute approximate surface area is 141 Å². The molecule has 130 valence electrons. The Kier molecular flexibility index (Phi) is 6.17. The van der Waals surface area contributed by atoms with Gasteiger partial charge in [-0.3, -0.25) is 14.4 Å². The van der Waals surface area contributed by atoms with Crippen LogP contribution in [-0.4, -0.2) is 60.0 Å². The normalized spacial score (nSPS) is 15.7. The van der Waals surface area contributed by atoms with E-state index in [0.717, 1.165) is 18.8 Å². The van der Waals surface area contributed by atoms with E-state index in [4.69, 9.17) is 5.11 Å². The zero-order chi connectivity index (χ0) is 17.5. The molecule has 1 atom stereocenters. The lowest BCUT2D eigenvalue weighted by atomic mass is 10.2. The number of nitrogens with zero attached hydrogens (tertiary/aromatic N) is 2. The molecular formula is C17H23N3O4. The summed E-state index contributed by atoms with van der Waals surface area (Å²) in [5.41, 5.74) is 1.15. The van der Waals surface area contributed by atoms with Crippen molar-refractivity contribution in [2.45, 2.75) is 25.8 Å². The first-order valence-electron chi connectivity index (χ1n) is 8.07. The molecule has 0 spiro atoms. The van der Waals surface area contributed by atoms with Crippen molar-refractivity contribution < 1.29 is 19.5 Å². The van der Waals surface area contributed by atoms with Crippen molar-refractivity contribution in [1.82, 2.24) is 10.2 Å². The van der Waals surface area contributed by atoms with Gasteiger partial charge in [-0.2, -0.15) is 0 Å². The van der Waals surface area contributed by atoms with Crippen LogP contribution in [0.15, 0.2) is 30.3 Å². The molecular weight excluding hydrogens is 310 g/mol. The molecule has 7 heteroatoms. The summed E-state index contributed by atoms with van der Waals surface area (Å²) in [7, 11) is 0. The SMILES string of the molecule is C[C@H](NC(=O)CCC(=O)N1CCN(c2ccccc2)CC1)C(=O)O. The number of amides is 2. The molecule has 24 heavy (non-hydrogen) atoms. The molecule has 1 aliphatic rings. The highest BCUT2D eigenvalue weighted by molar-refractivity contribution is 5.86. The lowest BCUT2D eigenvalue weighted by Gasteiger charge is -2.36. The maximum absolute atomic E-state index is 12.2. The first-order valence-corrected chi connectivity index (χ1v) is 8.07. The zero-order valence-corrected chi connectivity index (χ0v) is 13.8. The number of carbonyl (C=O) groups is 3. The molecule has 1 aromatic carbocycles. The lowest BCUT2D eigenvalue weighted by molar-refractivity contribution is -0.141. The number of carboxylic acids is 1. The van der Waals surface area contributed by atoms with Crippen LogP contribution in [0.2, 0.25) is 0 Å². The van der Waals surface area contributed by atoms with Gasteiger partial charge in [0.1, 0.15) is 6.04 Å². The number of benzene rings is 1. The Balaban J connectivity index is 1.73. The number of para-hydroxylation sites is 1. The molecule has 0 saturated carbocycles. The van der Waals surface area contributed by atoms with Crippen LogP contribution in [0, 0.1) is 0 Å². The van der Waals surface area contributed by atoms with E-state index in [-0.39, 0.29) is 18.7 Å². The second kappa shape index (κ2) is 8.33. The van der Waals surface area contributed by atoms with Crippen molar-refractivity contribution in [3.63, 3.8) is 0 Å². The number of rotatable bonds is 6. The standard InChI is InChI=1S/C17H23N3O4/c1-13(17(23)24)18-15(21)7-8-16(22)20-11-9-19(10-12-20)14-5-3-2-4-6-14/h2-6,13H,7-12H2,1H3,(H,18,21)(H,23,24)/t13-/m0/s1. The largest absolute Gasteiger partial charge is 0.480 e. The van der Waals surface area contributed by atoms with Crippen molar-refractivity contribution in [2.24, 2.45) is 0 Å². The first kappa shape index (κ1) is 17.8. The molecule has 2 rings (SSSR count). The number of carbonyl (C=O) groups excluding carboxylic acids is 2. The van der Waals surface area contributed by atoms with Crippen molar-refractivity contribution in [3.8, 4) is 0 Å². The van der Waals surface area contributed by atoms with Gasteiger partial charge < -0.3 is 20.2 Å². The molecule has 0 unspecified atom stereocenters. The molecule has 2 N–H and O–H groups in total. The van der Waals surface area contributed by atoms with Crippen molar-refractivity contribution >= 4 is 23.5 Å². The van der Waals surface area contributed by atoms with E-state index in [9.17, 15) is 14.4 Å². The van der Waals surface area contributed by atoms with Crippen LogP contribution in [0.3, 0.4) is 0 Å². The second-order valence-corrected chi connectivity index (χ2v) is 5.83. The predicted molar refractivity (Wildman–Crippen MR) is 89.7 cm³/mol. The maximum Gasteiger partial charge on any atom is 0.325 e. The average Bonchev–Trinajstić information content (AvgIpc) is 2.60. The molecule has 0 aliphatic carbocycles. The summed E-state index contributed by atoms with van der Waals surface area (Å²) < 4.78 is 0. The van der Waals surface area contributed by atoms with Crippen molar-refractivity contribution in [3.05, 3.63) is 30.3 Å². The third-order valence-electron chi connectivity index (χ3n) is 4.07. The van der Waals surface area contributed by atoms with Gasteiger partial charge in [0, 0.05) is 44.7 Å². The Morgan fingerprint density at radius 1 is 1.08 bits per heavy atom. The average molecular weight is 333 g/mol. The number of piperazine rings is 1. The van der Waals surface area contributed by atoms with Crippen LogP contribution < -0.4 is 10.2 Å². The summed E-state index contributed by atoms with van der Waals surface area (Å²) in [6.07, 6.45) is 0.110. The summed E-state index contributed by atoms with van der Waals surface area (Å²) in [6, 6.07) is 9.10. The van der Waals surface area contributed by atoms with Gasteiger partial charge in [-0.1, -0.05) is 18.2 Å². The fourth-order valence-electron chi connectivity index (χ4n) is 2.61. The first-order chi connectivity index (χ1) is 11.5. The number of carboxylic acid groups (broad SMARTS) is 1. The minimum absolute atomic E-state index is 0.00928. The molecule has 0 aromatic heterocycles. The fraction of sp³-hybridized carbons (Fsp3) is 0.471. The van der Waals surface area contributed by atoms with Gasteiger partial charge in [-0.15, -0.1) is 0 Å². The van der Waals surface area contributed by atoms with Gasteiger partial charge in [0.15, 0.2) is 0 Å². The van der Waals surface area contributed by atoms with Crippen molar-refractivity contribution in [1.29, 1.82) is 0 Å². The van der Waals surface area contributed by atoms with E-state index in [1.54, 1.807) is 4.90 Å². The van der Waals surface area contributed by atoms with Gasteiger partial charge in [-0.25, -0.2) is 0 Å². The molecule has 1 saturated heterocycles. The van der Waals surface area contributed by atoms with E-state index in [1.807, 2.05) is 30.3 Å². The monoisotopic (exact) mass is 333 g/mol. The van der Waals surface area contributed by atoms with Crippen LogP contribution in [-0.2, 0) is 14.4 Å². The molecule has 1 fully saturated rings. The molecule has 1 heterocycles. The second-order valence-electron chi connectivity index (χ2n) is 5.83. The summed E-state index contributed by atoms with van der Waals surface area (Å²) in [5.74, 6) is -1.58. The Morgan fingerprint density at radius 2 is 1.71 bits per heavy atom. The molecule has 2 amide bonds. The number of nitrogens with one attached hydrogen (secondary N) is 1. The minimum atomic E-state index is -1.09. The van der Waals surface area contributed by atoms with Gasteiger partial charge >= 0.3 is 5.97 Å². The summed E-state index contributed by atoms with van der Waals surface area (Å²) in [4.78, 5) is 38.5. The minimum Gasteiger partial charge on any atom is -0.480 e. The van der Waals surface area contributed by atoms with Crippen LogP contribution in [0.4, 0.5) is 5.69 Å². The fourth-order valence-corrected chi connectivity index (χ4v) is 2.61. The molecule has 0 bridgehead atoms. The van der Waals surface area contributed by atoms with E-state index in [0.29, 0.717) is 13.1 Å². The lowest BCUT2D eigenvalue weighted by Crippen LogP contribution is -2.49. The van der Waals surface area contributed by atoms with E-state index < -0.39 is 17.9 Å². The van der Waals surface area contributed by atoms with Crippen LogP contribution in [0.1, 0.15) is 19.8 Å². The van der Waals surface area contributed by atoms with Gasteiger partial charge in [0.05, 0.1) is 0 Å². The Hall–Kier alpha value is -2.57. The zero-order valence-electron chi connectivity index (χ0n) is 13.8. The number of hydrogen-bond acceptors (Lipinski definition) is 4. The molecule has 0 radical (unpaired) electrons. The third-order valence-corrected chi connectivity index (χ3v) is 4.07. The van der Waals surface area contributed by atoms with Crippen LogP contribution in [0.25, 0.3) is 0 Å². The van der Waals surface area contributed by atoms with E-state index in [1.165, 1.54) is 6.92 Å². The number of aliphatic carboxylic acids is 1. The van der Waals surface area contributed by atoms with E-state index in [2.05, 4.69) is 10.2 Å². The third kappa shape index (κ3) is 4.97. The van der Waals surface area contributed by atoms with Gasteiger partial charge in [0.2, 0.25) is 11.8 Å². The smallest absolute Gasteiger partial charge is 0.325 e. The van der Waals surface area contributed by atoms with E-state index >= 15 is 0 Å². The quantitative estimate of drug-likeness (QED) is 0.800. The molecule has 1 aromatic rings. The van der Waals surface area contributed by atoms with Crippen LogP contribution >= 0.6 is 0 Å². The Morgan fingerprint density at radius 3 is 2.29 bits per heavy atom. The predicted octanol–water partition coefficient (Wildman–Crippen LogP) is 0.705. The highest BCUT2D eigenvalue weighted by Gasteiger charge is 2.22.